The molecule has 0 aromatic heterocycles. The maximum absolute atomic E-state index is 14.5. The van der Waals surface area contributed by atoms with E-state index in [-0.39, 0.29) is 152 Å². The van der Waals surface area contributed by atoms with Gasteiger partial charge in [0.05, 0.1) is 45.3 Å². The molecule has 134 heavy (non-hydrogen) atoms. The predicted octanol–water partition coefficient (Wildman–Crippen LogP) is -12.0. The molecule has 0 unspecified atom stereocenters. The van der Waals surface area contributed by atoms with Crippen molar-refractivity contribution in [1.82, 2.24) is 90.4 Å². The van der Waals surface area contributed by atoms with Gasteiger partial charge in [-0.05, 0) is 172 Å². The number of hydrogen-bond donors (Lipinski definition) is 29. The van der Waals surface area contributed by atoms with Crippen molar-refractivity contribution < 1.29 is 110 Å². The predicted molar refractivity (Wildman–Crippen MR) is 483 cm³/mol. The fourth-order valence-electron chi connectivity index (χ4n) is 12.5. The highest BCUT2D eigenvalue weighted by atomic mass is 19.1. The summed E-state index contributed by atoms with van der Waals surface area (Å²) in [5, 5.41) is 62.2. The van der Waals surface area contributed by atoms with Crippen LogP contribution < -0.4 is 148 Å². The number of guanidine groups is 2. The number of carbonyl (C=O) groups is 20. The van der Waals surface area contributed by atoms with Gasteiger partial charge in [0.1, 0.15) is 84.4 Å². The number of nitrogens with two attached hydrogens (primary N) is 10. The first kappa shape index (κ1) is 116. The van der Waals surface area contributed by atoms with Gasteiger partial charge in [0, 0.05) is 31.5 Å². The van der Waals surface area contributed by atoms with Gasteiger partial charge in [0.15, 0.2) is 11.9 Å². The van der Waals surface area contributed by atoms with Gasteiger partial charge in [-0.2, -0.15) is 0 Å². The molecule has 0 aliphatic rings. The molecule has 51 nitrogen and oxygen atoms in total. The number of unbranched alkanes of at least 4 members (excludes halogenated alkanes) is 3. The molecule has 0 bridgehead atoms. The van der Waals surface area contributed by atoms with Crippen molar-refractivity contribution in [3.8, 4) is 0 Å². The Bertz CT molecular complexity index is 4320. The van der Waals surface area contributed by atoms with Crippen molar-refractivity contribution in [2.45, 2.75) is 235 Å². The van der Waals surface area contributed by atoms with Crippen molar-refractivity contribution >= 4 is 130 Å². The van der Waals surface area contributed by atoms with E-state index in [1.807, 2.05) is 0 Å². The van der Waals surface area contributed by atoms with E-state index in [1.165, 1.54) is 38.1 Å². The molecule has 0 fully saturated rings. The summed E-state index contributed by atoms with van der Waals surface area (Å²) in [5.74, 6) is -21.3. The molecule has 0 aliphatic carbocycles. The average molecular weight is 1900 g/mol. The Kier molecular flexibility index (Phi) is 54.8. The molecule has 0 radical (unpaired) electrons. The number of aliphatic hydroxyl groups excluding tert-OH is 2. The van der Waals surface area contributed by atoms with E-state index < -0.39 is 248 Å². The highest BCUT2D eigenvalue weighted by Crippen LogP contribution is 2.15. The number of hydrogen-bond acceptors (Lipinski definition) is 27. The number of aliphatic imine (C=N–C) groups is 2. The third-order valence-corrected chi connectivity index (χ3v) is 19.8. The minimum atomic E-state index is -1.86. The van der Waals surface area contributed by atoms with Crippen LogP contribution in [0.25, 0.3) is 0 Å². The molecule has 2 rings (SSSR count). The summed E-state index contributed by atoms with van der Waals surface area (Å²) in [7, 11) is 0. The number of carbonyl (C=O) groups excluding carboxylic acids is 20. The van der Waals surface area contributed by atoms with Crippen LogP contribution in [0.3, 0.4) is 0 Å². The lowest BCUT2D eigenvalue weighted by molar-refractivity contribution is -0.136. The van der Waals surface area contributed by atoms with Gasteiger partial charge < -0.3 is 158 Å². The van der Waals surface area contributed by atoms with Crippen molar-refractivity contribution in [1.29, 1.82) is 0 Å². The zero-order valence-electron chi connectivity index (χ0n) is 75.8. The third-order valence-electron chi connectivity index (χ3n) is 19.8. The molecular formula is C82H134FN29O22. The minimum Gasteiger partial charge on any atom is -0.394 e. The first-order valence-electron chi connectivity index (χ1n) is 43.5. The van der Waals surface area contributed by atoms with Crippen molar-refractivity contribution in [2.75, 3.05) is 65.5 Å². The van der Waals surface area contributed by atoms with Crippen LogP contribution in [0.15, 0.2) is 64.6 Å². The van der Waals surface area contributed by atoms with Gasteiger partial charge in [0.25, 0.3) is 5.91 Å². The molecule has 746 valence electrons. The summed E-state index contributed by atoms with van der Waals surface area (Å²) >= 11 is 0. The smallest absolute Gasteiger partial charge is 0.251 e. The van der Waals surface area contributed by atoms with Gasteiger partial charge in [-0.15, -0.1) is 0 Å². The molecule has 0 spiro atoms. The van der Waals surface area contributed by atoms with E-state index in [2.05, 4.69) is 100 Å². The average Bonchev–Trinajstić information content (AvgIpc) is 0.859. The number of benzene rings is 2. The van der Waals surface area contributed by atoms with Gasteiger partial charge in [0.2, 0.25) is 112 Å². The lowest BCUT2D eigenvalue weighted by atomic mass is 10.00. The Morgan fingerprint density at radius 2 is 0.731 bits per heavy atom. The molecule has 20 amide bonds. The number of primary amides is 3. The first-order valence-corrected chi connectivity index (χ1v) is 43.5. The van der Waals surface area contributed by atoms with Crippen LogP contribution in [0.5, 0.6) is 0 Å². The Balaban J connectivity index is 2.35. The number of halogens is 1. The second kappa shape index (κ2) is 63.2. The Hall–Kier alpha value is -13.9. The number of aliphatic hydroxyl groups is 2. The molecule has 0 aliphatic heterocycles. The maximum Gasteiger partial charge on any atom is 0.251 e. The number of amides is 20. The summed E-state index contributed by atoms with van der Waals surface area (Å²) in [6, 6.07) is -7.95. The summed E-state index contributed by atoms with van der Waals surface area (Å²) in [5.41, 5.74) is 56.1. The molecular weight excluding hydrogens is 1760 g/mol. The zero-order chi connectivity index (χ0) is 101. The lowest BCUT2D eigenvalue weighted by Crippen LogP contribution is -2.61. The number of rotatable bonds is 66. The Morgan fingerprint density at radius 1 is 0.358 bits per heavy atom. The van der Waals surface area contributed by atoms with Crippen LogP contribution in [-0.2, 0) is 97.5 Å². The molecule has 2 aromatic rings. The van der Waals surface area contributed by atoms with E-state index in [1.54, 1.807) is 32.0 Å². The summed E-state index contributed by atoms with van der Waals surface area (Å²) < 4.78 is 13.9. The Morgan fingerprint density at radius 3 is 1.16 bits per heavy atom. The molecule has 52 heteroatoms. The minimum absolute atomic E-state index is 0.00129. The molecule has 0 saturated carbocycles. The lowest BCUT2D eigenvalue weighted by Gasteiger charge is -2.28. The van der Waals surface area contributed by atoms with Crippen LogP contribution >= 0.6 is 0 Å². The normalized spacial score (nSPS) is 14.0. The molecule has 0 saturated heterocycles. The summed E-state index contributed by atoms with van der Waals surface area (Å²) in [6.07, 6.45) is -2.93. The van der Waals surface area contributed by atoms with Gasteiger partial charge in [-0.1, -0.05) is 44.2 Å². The standard InChI is InChI=1S/C82H134FN29O22/c1-43(2)35-56(76(130)108-52(20-10-13-31-85)74(128)110-58(37-61(88)116)77(131)103-50(67(89)121)28-29-60(87)115)109-73(127)51(19-9-12-30-84)106-72(126)55(23-16-34-95-82(92)93)105-69(123)45(4)101-79(133)59(42-113)111-75(129)53(21-11-14-32-86)107-71(125)54(22-15-33-94-81(90)91)104-68(122)44(3)100-64(119)41-99-80(134)66(46(5)114)112-78(132)57(36-47-24-26-49(83)27-25-47)102-65(120)40-97-62(117)38-96-63(118)39-98-70(124)48-17-7-6-8-18-48/h6-8,17-18,24-27,43-46,50-59,66,113-114H,9-16,19-23,28-42,84-86H2,1-5H3,(H2,87,115)(H2,88,116)(H2,89,121)(H,96,118)(H,97,117)(H,98,124)(H,99,134)(H,100,119)(H,101,133)(H,102,120)(H,103,131)(H,104,122)(H,105,123)(H,106,126)(H,107,125)(H,108,130)(H,109,127)(H,110,128)(H,111,129)(H,112,132)(H4,90,91,94)(H4,92,93,95)/t44-,45-,46+,50-,51-,52-,53-,54-,55-,56-,57-,58-,59-,66-/m0/s1. The van der Waals surface area contributed by atoms with Crippen LogP contribution in [-0.4, -0.2) is 290 Å². The zero-order valence-corrected chi connectivity index (χ0v) is 75.8. The molecule has 2 aromatic carbocycles. The Labute approximate surface area is 773 Å². The highest BCUT2D eigenvalue weighted by Gasteiger charge is 2.38. The van der Waals surface area contributed by atoms with Crippen molar-refractivity contribution in [3.05, 3.63) is 71.5 Å². The van der Waals surface area contributed by atoms with Gasteiger partial charge in [-0.25, -0.2) is 4.39 Å². The van der Waals surface area contributed by atoms with Crippen LogP contribution in [0.4, 0.5) is 4.39 Å². The summed E-state index contributed by atoms with van der Waals surface area (Å²) in [4.78, 5) is 277. The van der Waals surface area contributed by atoms with Crippen molar-refractivity contribution in [3.63, 3.8) is 0 Å². The van der Waals surface area contributed by atoms with E-state index in [0.717, 1.165) is 19.1 Å². The van der Waals surface area contributed by atoms with Crippen LogP contribution in [0, 0.1) is 11.7 Å². The van der Waals surface area contributed by atoms with Crippen LogP contribution in [0.2, 0.25) is 0 Å². The summed E-state index contributed by atoms with van der Waals surface area (Å²) in [6.45, 7) is 3.20. The van der Waals surface area contributed by atoms with E-state index in [4.69, 9.17) is 57.3 Å². The van der Waals surface area contributed by atoms with Gasteiger partial charge >= 0.3 is 0 Å². The van der Waals surface area contributed by atoms with Gasteiger partial charge in [-0.3, -0.25) is 106 Å². The fraction of sp³-hybridized carbons (Fsp3) is 0.585. The quantitative estimate of drug-likeness (QED) is 0.0166. The molecule has 14 atom stereocenters. The third kappa shape index (κ3) is 47.8. The molecule has 0 heterocycles. The number of nitrogens with one attached hydrogen (secondary N) is 17. The maximum atomic E-state index is 14.5. The van der Waals surface area contributed by atoms with E-state index in [0.29, 0.717) is 18.4 Å². The second-order valence-electron chi connectivity index (χ2n) is 31.7. The van der Waals surface area contributed by atoms with Crippen molar-refractivity contribution in [2.24, 2.45) is 73.2 Å². The van der Waals surface area contributed by atoms with Crippen LogP contribution in [0.1, 0.15) is 160 Å². The fourth-order valence-corrected chi connectivity index (χ4v) is 12.5. The van der Waals surface area contributed by atoms with E-state index >= 15 is 0 Å². The first-order chi connectivity index (χ1) is 63.3. The van der Waals surface area contributed by atoms with E-state index in [9.17, 15) is 110 Å². The highest BCUT2D eigenvalue weighted by molar-refractivity contribution is 6.02. The monoisotopic (exact) mass is 1900 g/mol. The second-order valence-corrected chi connectivity index (χ2v) is 31.7. The number of nitrogens with zero attached hydrogens (tertiary/aromatic N) is 2. The molecule has 39 N–H and O–H groups in total. The topological polar surface area (TPSA) is 871 Å². The largest absolute Gasteiger partial charge is 0.394 e. The SMILES string of the molecule is CC(C)C[C@H](NC(=O)[C@H](CCCCN)NC(=O)[C@H](CCCN=C(N)N)NC(=O)[C@H](C)NC(=O)[C@H](CO)NC(=O)[C@H](CCCCN)NC(=O)[C@H](CCCN=C(N)N)NC(=O)[C@H](C)NC(=O)CNC(=O)[C@@H](NC(=O)[C@H](Cc1ccc(F)cc1)NC(=O)CNC(=O)CNC(=O)CNC(=O)c1ccccc1)[C@@H](C)O)C(=O)N[C@@H](CCCCN)C(=O)N[C@@H](CC(N)=O)C(=O)N[C@@H](CCC(N)=O)C(N)=O.